The fraction of sp³-hybridized carbons (Fsp3) is 0.190. The Kier molecular flexibility index (Phi) is 6.98. The van der Waals surface area contributed by atoms with E-state index in [1.165, 1.54) is 24.3 Å². The SMILES string of the molecule is O=C(COC(=O)c1ccccc1N/C=C/C(=O)C(F)(F)F)NCc1ccc2c(c1)OCO2. The minimum atomic E-state index is -5.00. The van der Waals surface area contributed by atoms with Crippen LogP contribution in [0.4, 0.5) is 18.9 Å². The van der Waals surface area contributed by atoms with Gasteiger partial charge >= 0.3 is 12.1 Å². The lowest BCUT2D eigenvalue weighted by Gasteiger charge is -2.10. The van der Waals surface area contributed by atoms with Gasteiger partial charge < -0.3 is 24.8 Å². The van der Waals surface area contributed by atoms with Crippen LogP contribution in [0, 0.1) is 0 Å². The maximum atomic E-state index is 12.3. The van der Waals surface area contributed by atoms with Crippen molar-refractivity contribution in [3.8, 4) is 11.5 Å². The minimum Gasteiger partial charge on any atom is -0.454 e. The van der Waals surface area contributed by atoms with Crippen molar-refractivity contribution in [3.63, 3.8) is 0 Å². The van der Waals surface area contributed by atoms with Gasteiger partial charge in [0.05, 0.1) is 11.3 Å². The lowest BCUT2D eigenvalue weighted by molar-refractivity contribution is -0.165. The molecule has 0 unspecified atom stereocenters. The highest BCUT2D eigenvalue weighted by Crippen LogP contribution is 2.32. The van der Waals surface area contributed by atoms with Crippen molar-refractivity contribution in [1.82, 2.24) is 5.32 Å². The molecule has 0 aromatic heterocycles. The fourth-order valence-electron chi connectivity index (χ4n) is 2.60. The van der Waals surface area contributed by atoms with Crippen molar-refractivity contribution < 1.29 is 41.8 Å². The van der Waals surface area contributed by atoms with Crippen LogP contribution in [0.25, 0.3) is 0 Å². The number of hydrogen-bond acceptors (Lipinski definition) is 7. The molecule has 0 bridgehead atoms. The third kappa shape index (κ3) is 6.00. The van der Waals surface area contributed by atoms with Gasteiger partial charge in [0.1, 0.15) is 0 Å². The van der Waals surface area contributed by atoms with Crippen molar-refractivity contribution in [3.05, 3.63) is 65.9 Å². The van der Waals surface area contributed by atoms with E-state index in [2.05, 4.69) is 10.6 Å². The molecule has 1 aliphatic rings. The first-order valence-corrected chi connectivity index (χ1v) is 9.19. The van der Waals surface area contributed by atoms with Gasteiger partial charge in [-0.1, -0.05) is 18.2 Å². The summed E-state index contributed by atoms with van der Waals surface area (Å²) in [6, 6.07) is 11.0. The van der Waals surface area contributed by atoms with Gasteiger partial charge in [-0.2, -0.15) is 13.2 Å². The van der Waals surface area contributed by atoms with Crippen molar-refractivity contribution in [2.75, 3.05) is 18.7 Å². The third-order valence-electron chi connectivity index (χ3n) is 4.16. The van der Waals surface area contributed by atoms with Crippen molar-refractivity contribution in [2.24, 2.45) is 0 Å². The van der Waals surface area contributed by atoms with Crippen LogP contribution in [-0.4, -0.2) is 37.2 Å². The molecule has 2 aromatic carbocycles. The number of ketones is 1. The number of rotatable bonds is 8. The van der Waals surface area contributed by atoms with Crippen LogP contribution >= 0.6 is 0 Å². The number of nitrogens with one attached hydrogen (secondary N) is 2. The summed E-state index contributed by atoms with van der Waals surface area (Å²) in [4.78, 5) is 35.2. The Hall–Kier alpha value is -4.02. The first kappa shape index (κ1) is 22.7. The topological polar surface area (TPSA) is 103 Å². The highest BCUT2D eigenvalue weighted by Gasteiger charge is 2.36. The molecular weight excluding hydrogens is 433 g/mol. The molecule has 0 radical (unpaired) electrons. The van der Waals surface area contributed by atoms with Crippen LogP contribution in [0.3, 0.4) is 0 Å². The summed E-state index contributed by atoms with van der Waals surface area (Å²) in [5, 5.41) is 5.02. The number of carbonyl (C=O) groups is 3. The molecule has 0 aliphatic carbocycles. The van der Waals surface area contributed by atoms with E-state index in [9.17, 15) is 27.6 Å². The van der Waals surface area contributed by atoms with Crippen molar-refractivity contribution in [1.29, 1.82) is 0 Å². The molecule has 0 spiro atoms. The van der Waals surface area contributed by atoms with Crippen molar-refractivity contribution >= 4 is 23.3 Å². The number of amides is 1. The first-order chi connectivity index (χ1) is 15.2. The second-order valence-corrected chi connectivity index (χ2v) is 6.43. The summed E-state index contributed by atoms with van der Waals surface area (Å²) in [6.07, 6.45) is -3.93. The number of carbonyl (C=O) groups excluding carboxylic acids is 3. The summed E-state index contributed by atoms with van der Waals surface area (Å²) in [6.45, 7) is -0.269. The average molecular weight is 450 g/mol. The Morgan fingerprint density at radius 2 is 1.81 bits per heavy atom. The molecule has 0 saturated carbocycles. The number of para-hydroxylation sites is 1. The van der Waals surface area contributed by atoms with Crippen LogP contribution in [0.2, 0.25) is 0 Å². The normalized spacial score (nSPS) is 12.5. The van der Waals surface area contributed by atoms with Crippen molar-refractivity contribution in [2.45, 2.75) is 12.7 Å². The third-order valence-corrected chi connectivity index (χ3v) is 4.16. The van der Waals surface area contributed by atoms with Crippen LogP contribution in [0.5, 0.6) is 11.5 Å². The Labute approximate surface area is 179 Å². The standard InChI is InChI=1S/C21H17F3N2O6/c22-21(23,24)18(27)7-8-25-15-4-2-1-3-14(15)20(29)30-11-19(28)26-10-13-5-6-16-17(9-13)32-12-31-16/h1-9,25H,10-12H2,(H,26,28)/b8-7+. The number of halogens is 3. The van der Waals surface area contributed by atoms with E-state index in [0.717, 1.165) is 11.8 Å². The summed E-state index contributed by atoms with van der Waals surface area (Å²) < 4.78 is 52.1. The maximum absolute atomic E-state index is 12.3. The molecule has 3 rings (SSSR count). The molecular formula is C21H17F3N2O6. The van der Waals surface area contributed by atoms with E-state index in [-0.39, 0.29) is 24.6 Å². The molecule has 0 fully saturated rings. The summed E-state index contributed by atoms with van der Waals surface area (Å²) in [5.41, 5.74) is 0.827. The number of allylic oxidation sites excluding steroid dienone is 1. The Balaban J connectivity index is 1.50. The second-order valence-electron chi connectivity index (χ2n) is 6.43. The molecule has 2 aromatic rings. The van der Waals surface area contributed by atoms with E-state index in [1.54, 1.807) is 18.2 Å². The van der Waals surface area contributed by atoms with Crippen LogP contribution < -0.4 is 20.1 Å². The molecule has 11 heteroatoms. The number of benzene rings is 2. The van der Waals surface area contributed by atoms with Gasteiger partial charge in [-0.25, -0.2) is 4.79 Å². The van der Waals surface area contributed by atoms with Gasteiger partial charge in [0.15, 0.2) is 18.1 Å². The molecule has 32 heavy (non-hydrogen) atoms. The molecule has 8 nitrogen and oxygen atoms in total. The maximum Gasteiger partial charge on any atom is 0.454 e. The zero-order chi connectivity index (χ0) is 23.1. The predicted octanol–water partition coefficient (Wildman–Crippen LogP) is 2.95. The van der Waals surface area contributed by atoms with Gasteiger partial charge in [0.25, 0.3) is 11.7 Å². The van der Waals surface area contributed by atoms with E-state index < -0.39 is 30.4 Å². The van der Waals surface area contributed by atoms with Gasteiger partial charge in [-0.15, -0.1) is 0 Å². The van der Waals surface area contributed by atoms with E-state index in [0.29, 0.717) is 17.6 Å². The summed E-state index contributed by atoms with van der Waals surface area (Å²) in [5.74, 6) is -2.31. The molecule has 0 atom stereocenters. The minimum absolute atomic E-state index is 0.0276. The molecule has 1 heterocycles. The number of anilines is 1. The largest absolute Gasteiger partial charge is 0.454 e. The monoisotopic (exact) mass is 450 g/mol. The average Bonchev–Trinajstić information content (AvgIpc) is 3.23. The van der Waals surface area contributed by atoms with Crippen LogP contribution in [0.15, 0.2) is 54.7 Å². The van der Waals surface area contributed by atoms with Crippen LogP contribution in [0.1, 0.15) is 15.9 Å². The highest BCUT2D eigenvalue weighted by atomic mass is 19.4. The fourth-order valence-corrected chi connectivity index (χ4v) is 2.60. The summed E-state index contributed by atoms with van der Waals surface area (Å²) in [7, 11) is 0. The van der Waals surface area contributed by atoms with Gasteiger partial charge in [0.2, 0.25) is 6.79 Å². The molecule has 0 saturated heterocycles. The number of ether oxygens (including phenoxy) is 3. The van der Waals surface area contributed by atoms with Gasteiger partial charge in [0, 0.05) is 18.8 Å². The highest BCUT2D eigenvalue weighted by molar-refractivity contribution is 5.97. The van der Waals surface area contributed by atoms with E-state index in [4.69, 9.17) is 14.2 Å². The molecule has 1 amide bonds. The number of esters is 1. The van der Waals surface area contributed by atoms with Gasteiger partial charge in [-0.3, -0.25) is 9.59 Å². The zero-order valence-electron chi connectivity index (χ0n) is 16.4. The Bertz CT molecular complexity index is 1050. The predicted molar refractivity (Wildman–Crippen MR) is 105 cm³/mol. The van der Waals surface area contributed by atoms with Crippen LogP contribution in [-0.2, 0) is 20.9 Å². The molecule has 168 valence electrons. The lowest BCUT2D eigenvalue weighted by atomic mass is 10.2. The Morgan fingerprint density at radius 3 is 2.59 bits per heavy atom. The Morgan fingerprint density at radius 1 is 1.06 bits per heavy atom. The zero-order valence-corrected chi connectivity index (χ0v) is 16.4. The lowest BCUT2D eigenvalue weighted by Crippen LogP contribution is -2.28. The van der Waals surface area contributed by atoms with E-state index in [1.807, 2.05) is 0 Å². The van der Waals surface area contributed by atoms with Gasteiger partial charge in [-0.05, 0) is 29.8 Å². The number of fused-ring (bicyclic) bond motifs is 1. The quantitative estimate of drug-likeness (QED) is 0.471. The molecule has 2 N–H and O–H groups in total. The summed E-state index contributed by atoms with van der Waals surface area (Å²) >= 11 is 0. The smallest absolute Gasteiger partial charge is 0.454 e. The molecule has 1 aliphatic heterocycles. The number of alkyl halides is 3. The number of hydrogen-bond donors (Lipinski definition) is 2. The van der Waals surface area contributed by atoms with E-state index >= 15 is 0 Å². The second kappa shape index (κ2) is 9.86. The first-order valence-electron chi connectivity index (χ1n) is 9.19.